The summed E-state index contributed by atoms with van der Waals surface area (Å²) in [5.74, 6) is 5.03. The topological polar surface area (TPSA) is 70.2 Å². The van der Waals surface area contributed by atoms with Gasteiger partial charge in [0, 0.05) is 30.5 Å². The number of nitrogens with one attached hydrogen (secondary N) is 2. The van der Waals surface area contributed by atoms with Gasteiger partial charge in [0.05, 0.1) is 5.41 Å². The van der Waals surface area contributed by atoms with Crippen molar-refractivity contribution >= 4 is 28.9 Å². The van der Waals surface area contributed by atoms with Crippen LogP contribution in [-0.4, -0.2) is 29.0 Å². The van der Waals surface area contributed by atoms with Crippen LogP contribution >= 0.6 is 0 Å². The number of aromatic nitrogens is 2. The van der Waals surface area contributed by atoms with Crippen LogP contribution in [0.15, 0.2) is 30.3 Å². The van der Waals surface area contributed by atoms with Gasteiger partial charge in [-0.3, -0.25) is 4.79 Å². The van der Waals surface area contributed by atoms with Crippen molar-refractivity contribution in [2.75, 3.05) is 28.6 Å². The lowest BCUT2D eigenvalue weighted by Crippen LogP contribution is -2.51. The Hall–Kier alpha value is -2.63. The molecule has 0 saturated heterocycles. The Morgan fingerprint density at radius 2 is 1.53 bits per heavy atom. The van der Waals surface area contributed by atoms with Crippen LogP contribution < -0.4 is 15.5 Å². The smallest absolute Gasteiger partial charge is 0.230 e. The highest BCUT2D eigenvalue weighted by Crippen LogP contribution is 2.60. The van der Waals surface area contributed by atoms with Crippen LogP contribution in [0.2, 0.25) is 0 Å². The number of nitrogens with zero attached hydrogens (tertiary/aromatic N) is 3. The highest BCUT2D eigenvalue weighted by molar-refractivity contribution is 5.95. The second kappa shape index (κ2) is 8.38. The van der Waals surface area contributed by atoms with E-state index in [0.29, 0.717) is 0 Å². The number of anilines is 4. The summed E-state index contributed by atoms with van der Waals surface area (Å²) in [6, 6.07) is 9.97. The molecule has 4 aliphatic rings. The van der Waals surface area contributed by atoms with Gasteiger partial charge in [0.1, 0.15) is 17.5 Å². The first-order chi connectivity index (χ1) is 15.5. The summed E-state index contributed by atoms with van der Waals surface area (Å²) in [5.41, 5.74) is 1.70. The average Bonchev–Trinajstić information content (AvgIpc) is 2.75. The third-order valence-corrected chi connectivity index (χ3v) is 7.85. The Balaban J connectivity index is 1.26. The molecule has 1 aromatic carbocycles. The minimum atomic E-state index is -0.120. The first-order valence-corrected chi connectivity index (χ1v) is 12.3. The van der Waals surface area contributed by atoms with Gasteiger partial charge >= 0.3 is 0 Å². The van der Waals surface area contributed by atoms with Crippen LogP contribution in [-0.2, 0) is 4.79 Å². The fraction of sp³-hybridized carbons (Fsp3) is 0.577. The van der Waals surface area contributed by atoms with E-state index in [1.54, 1.807) is 0 Å². The van der Waals surface area contributed by atoms with Crippen molar-refractivity contribution in [2.24, 2.45) is 23.2 Å². The molecule has 4 fully saturated rings. The maximum atomic E-state index is 13.3. The predicted molar refractivity (Wildman–Crippen MR) is 129 cm³/mol. The summed E-state index contributed by atoms with van der Waals surface area (Å²) >= 11 is 0. The molecule has 0 spiro atoms. The monoisotopic (exact) mass is 433 g/mol. The van der Waals surface area contributed by atoms with Crippen molar-refractivity contribution in [3.8, 4) is 0 Å². The largest absolute Gasteiger partial charge is 0.357 e. The van der Waals surface area contributed by atoms with Crippen LogP contribution in [0.3, 0.4) is 0 Å². The second-order valence-corrected chi connectivity index (χ2v) is 10.2. The zero-order valence-corrected chi connectivity index (χ0v) is 19.5. The number of benzene rings is 1. The van der Waals surface area contributed by atoms with Crippen LogP contribution in [0, 0.1) is 30.1 Å². The van der Waals surface area contributed by atoms with E-state index in [9.17, 15) is 4.79 Å². The van der Waals surface area contributed by atoms with E-state index in [-0.39, 0.29) is 11.3 Å². The van der Waals surface area contributed by atoms with Crippen molar-refractivity contribution in [3.05, 3.63) is 36.2 Å². The van der Waals surface area contributed by atoms with Gasteiger partial charge in [0.25, 0.3) is 0 Å². The second-order valence-electron chi connectivity index (χ2n) is 10.2. The molecule has 32 heavy (non-hydrogen) atoms. The SMILES string of the molecule is CCN(CC)c1cc(Nc2ccc(NC(=O)C34CC5CC(CC(C5)C3)C4)cc2)nc(C)n1. The Morgan fingerprint density at radius 3 is 2.09 bits per heavy atom. The zero-order valence-electron chi connectivity index (χ0n) is 19.5. The molecule has 4 aliphatic carbocycles. The summed E-state index contributed by atoms with van der Waals surface area (Å²) in [6.07, 6.45) is 7.33. The zero-order chi connectivity index (χ0) is 22.3. The van der Waals surface area contributed by atoms with Crippen LogP contribution in [0.25, 0.3) is 0 Å². The van der Waals surface area contributed by atoms with Gasteiger partial charge in [-0.1, -0.05) is 0 Å². The summed E-state index contributed by atoms with van der Waals surface area (Å²) in [7, 11) is 0. The first kappa shape index (κ1) is 21.2. The molecular formula is C26H35N5O. The number of hydrogen-bond acceptors (Lipinski definition) is 5. The van der Waals surface area contributed by atoms with Gasteiger partial charge in [0.15, 0.2) is 0 Å². The molecule has 6 rings (SSSR count). The predicted octanol–water partition coefficient (Wildman–Crippen LogP) is 5.53. The molecule has 2 N–H and O–H groups in total. The summed E-state index contributed by atoms with van der Waals surface area (Å²) < 4.78 is 0. The Labute approximate surface area is 191 Å². The van der Waals surface area contributed by atoms with Gasteiger partial charge < -0.3 is 15.5 Å². The molecular weight excluding hydrogens is 398 g/mol. The molecule has 1 heterocycles. The lowest BCUT2D eigenvalue weighted by Gasteiger charge is -2.55. The van der Waals surface area contributed by atoms with Gasteiger partial charge in [-0.05, 0) is 101 Å². The van der Waals surface area contributed by atoms with Crippen molar-refractivity contribution in [3.63, 3.8) is 0 Å². The minimum Gasteiger partial charge on any atom is -0.357 e. The number of carbonyl (C=O) groups is 1. The number of hydrogen-bond donors (Lipinski definition) is 2. The Morgan fingerprint density at radius 1 is 0.969 bits per heavy atom. The Bertz CT molecular complexity index is 947. The lowest BCUT2D eigenvalue weighted by molar-refractivity contribution is -0.140. The molecule has 1 amide bonds. The van der Waals surface area contributed by atoms with E-state index >= 15 is 0 Å². The quantitative estimate of drug-likeness (QED) is 0.601. The van der Waals surface area contributed by atoms with Gasteiger partial charge in [0.2, 0.25) is 5.91 Å². The fourth-order valence-electron chi connectivity index (χ4n) is 6.76. The summed E-state index contributed by atoms with van der Waals surface area (Å²) in [5, 5.41) is 6.63. The molecule has 0 unspecified atom stereocenters. The van der Waals surface area contributed by atoms with E-state index in [0.717, 1.165) is 78.9 Å². The van der Waals surface area contributed by atoms with E-state index in [4.69, 9.17) is 0 Å². The maximum Gasteiger partial charge on any atom is 0.230 e. The van der Waals surface area contributed by atoms with E-state index in [1.807, 2.05) is 37.3 Å². The van der Waals surface area contributed by atoms with E-state index in [2.05, 4.69) is 39.3 Å². The van der Waals surface area contributed by atoms with Crippen LogP contribution in [0.4, 0.5) is 23.0 Å². The van der Waals surface area contributed by atoms with Crippen molar-refractivity contribution in [1.82, 2.24) is 9.97 Å². The van der Waals surface area contributed by atoms with Crippen molar-refractivity contribution < 1.29 is 4.79 Å². The molecule has 6 nitrogen and oxygen atoms in total. The third-order valence-electron chi connectivity index (χ3n) is 7.85. The highest BCUT2D eigenvalue weighted by Gasteiger charge is 2.54. The average molecular weight is 434 g/mol. The lowest BCUT2D eigenvalue weighted by atomic mass is 9.49. The summed E-state index contributed by atoms with van der Waals surface area (Å²) in [6.45, 7) is 7.99. The van der Waals surface area contributed by atoms with E-state index in [1.165, 1.54) is 19.3 Å². The normalized spacial score (nSPS) is 27.9. The third kappa shape index (κ3) is 4.07. The standard InChI is InChI=1S/C26H35N5O/c1-4-31(5-2)24-13-23(27-17(3)28-24)29-21-6-8-22(9-7-21)30-25(32)26-14-18-10-19(15-26)12-20(11-18)16-26/h6-9,13,18-20H,4-5,10-12,14-16H2,1-3H3,(H,30,32)(H,27,28,29). The minimum absolute atomic E-state index is 0.120. The van der Waals surface area contributed by atoms with Crippen LogP contribution in [0.1, 0.15) is 58.2 Å². The molecule has 2 aromatic rings. The van der Waals surface area contributed by atoms with Crippen LogP contribution in [0.5, 0.6) is 0 Å². The molecule has 0 atom stereocenters. The molecule has 0 radical (unpaired) electrons. The fourth-order valence-corrected chi connectivity index (χ4v) is 6.76. The Kier molecular flexibility index (Phi) is 5.56. The molecule has 1 aromatic heterocycles. The summed E-state index contributed by atoms with van der Waals surface area (Å²) in [4.78, 5) is 24.6. The molecule has 4 saturated carbocycles. The van der Waals surface area contributed by atoms with Gasteiger partial charge in [-0.15, -0.1) is 0 Å². The number of carbonyl (C=O) groups excluding carboxylic acids is 1. The molecule has 4 bridgehead atoms. The highest BCUT2D eigenvalue weighted by atomic mass is 16.2. The van der Waals surface area contributed by atoms with Gasteiger partial charge in [-0.2, -0.15) is 0 Å². The maximum absolute atomic E-state index is 13.3. The van der Waals surface area contributed by atoms with Crippen molar-refractivity contribution in [2.45, 2.75) is 59.3 Å². The first-order valence-electron chi connectivity index (χ1n) is 12.3. The molecule has 170 valence electrons. The number of amides is 1. The number of rotatable bonds is 7. The molecule has 6 heteroatoms. The van der Waals surface area contributed by atoms with Crippen molar-refractivity contribution in [1.29, 1.82) is 0 Å². The number of aryl methyl sites for hydroxylation is 1. The van der Waals surface area contributed by atoms with E-state index < -0.39 is 0 Å². The van der Waals surface area contributed by atoms with Gasteiger partial charge in [-0.25, -0.2) is 9.97 Å². The molecule has 0 aliphatic heterocycles.